The van der Waals surface area contributed by atoms with Crippen LogP contribution < -0.4 is 5.32 Å². The van der Waals surface area contributed by atoms with Gasteiger partial charge in [-0.25, -0.2) is 0 Å². The minimum atomic E-state index is -0.441. The van der Waals surface area contributed by atoms with Gasteiger partial charge in [-0.05, 0) is 44.1 Å². The van der Waals surface area contributed by atoms with Crippen molar-refractivity contribution in [2.75, 3.05) is 6.54 Å². The van der Waals surface area contributed by atoms with E-state index < -0.39 is 5.60 Å². The highest BCUT2D eigenvalue weighted by Crippen LogP contribution is 2.49. The Kier molecular flexibility index (Phi) is 2.16. The van der Waals surface area contributed by atoms with Crippen molar-refractivity contribution in [1.82, 2.24) is 5.32 Å². The number of nitrogens with one attached hydrogen (secondary N) is 1. The molecule has 0 aromatic carbocycles. The largest absolute Gasteiger partial charge is 0.388 e. The molecule has 76 valence electrons. The molecular formula is C11H21NO. The molecule has 2 heteroatoms. The highest BCUT2D eigenvalue weighted by Gasteiger charge is 2.52. The molecule has 2 unspecified atom stereocenters. The quantitative estimate of drug-likeness (QED) is 0.648. The summed E-state index contributed by atoms with van der Waals surface area (Å²) in [5.74, 6) is 0. The van der Waals surface area contributed by atoms with E-state index >= 15 is 0 Å². The molecule has 0 aromatic rings. The normalized spacial score (nSPS) is 44.1. The topological polar surface area (TPSA) is 32.3 Å². The Morgan fingerprint density at radius 2 is 2.00 bits per heavy atom. The molecule has 0 aromatic heterocycles. The van der Waals surface area contributed by atoms with Crippen LogP contribution in [0.4, 0.5) is 0 Å². The molecule has 0 spiro atoms. The maximum atomic E-state index is 10.7. The standard InChI is InChI=1S/C11H21NO/c1-10(2)6-4-7-11(10,13)9-5-3-8-12-9/h9,12-13H,3-8H2,1-2H3. The van der Waals surface area contributed by atoms with Crippen molar-refractivity contribution in [2.45, 2.75) is 57.6 Å². The van der Waals surface area contributed by atoms with Crippen molar-refractivity contribution in [3.8, 4) is 0 Å². The Morgan fingerprint density at radius 1 is 1.23 bits per heavy atom. The molecule has 13 heavy (non-hydrogen) atoms. The summed E-state index contributed by atoms with van der Waals surface area (Å²) in [6.45, 7) is 5.50. The van der Waals surface area contributed by atoms with Crippen molar-refractivity contribution in [3.63, 3.8) is 0 Å². The van der Waals surface area contributed by atoms with Gasteiger partial charge in [0.1, 0.15) is 0 Å². The van der Waals surface area contributed by atoms with Crippen molar-refractivity contribution in [2.24, 2.45) is 5.41 Å². The van der Waals surface area contributed by atoms with Crippen molar-refractivity contribution in [3.05, 3.63) is 0 Å². The van der Waals surface area contributed by atoms with Crippen LogP contribution in [-0.4, -0.2) is 23.3 Å². The monoisotopic (exact) mass is 183 g/mol. The summed E-state index contributed by atoms with van der Waals surface area (Å²) in [6.07, 6.45) is 5.71. The van der Waals surface area contributed by atoms with Crippen LogP contribution in [0.5, 0.6) is 0 Å². The summed E-state index contributed by atoms with van der Waals surface area (Å²) >= 11 is 0. The number of hydrogen-bond acceptors (Lipinski definition) is 2. The Balaban J connectivity index is 2.17. The van der Waals surface area contributed by atoms with Gasteiger partial charge in [0, 0.05) is 6.04 Å². The molecule has 0 amide bonds. The molecule has 2 atom stereocenters. The van der Waals surface area contributed by atoms with E-state index in [4.69, 9.17) is 0 Å². The van der Waals surface area contributed by atoms with Gasteiger partial charge in [0.05, 0.1) is 5.60 Å². The van der Waals surface area contributed by atoms with Gasteiger partial charge in [0.25, 0.3) is 0 Å². The molecule has 1 aliphatic heterocycles. The Bertz CT molecular complexity index is 196. The van der Waals surface area contributed by atoms with E-state index in [0.717, 1.165) is 19.4 Å². The third-order valence-corrected chi connectivity index (χ3v) is 4.17. The predicted molar refractivity (Wildman–Crippen MR) is 53.6 cm³/mol. The summed E-state index contributed by atoms with van der Waals surface area (Å²) in [6, 6.07) is 0.352. The fourth-order valence-electron chi connectivity index (χ4n) is 3.09. The van der Waals surface area contributed by atoms with E-state index in [-0.39, 0.29) is 5.41 Å². The zero-order valence-electron chi connectivity index (χ0n) is 8.77. The predicted octanol–water partition coefficient (Wildman–Crippen LogP) is 1.68. The molecule has 0 bridgehead atoms. The SMILES string of the molecule is CC1(C)CCCC1(O)C1CCCN1. The molecule has 2 fully saturated rings. The first-order valence-electron chi connectivity index (χ1n) is 5.52. The average Bonchev–Trinajstić information content (AvgIpc) is 2.61. The molecule has 1 saturated carbocycles. The number of hydrogen-bond donors (Lipinski definition) is 2. The second kappa shape index (κ2) is 2.96. The van der Waals surface area contributed by atoms with E-state index in [1.807, 2.05) is 0 Å². The lowest BCUT2D eigenvalue weighted by atomic mass is 9.73. The minimum Gasteiger partial charge on any atom is -0.388 e. The molecule has 2 N–H and O–H groups in total. The molecule has 0 radical (unpaired) electrons. The first-order valence-corrected chi connectivity index (χ1v) is 5.52. The fraction of sp³-hybridized carbons (Fsp3) is 1.00. The Morgan fingerprint density at radius 3 is 2.46 bits per heavy atom. The summed E-state index contributed by atoms with van der Waals surface area (Å²) in [5, 5.41) is 14.1. The van der Waals surface area contributed by atoms with Crippen LogP contribution in [0.3, 0.4) is 0 Å². The first kappa shape index (κ1) is 9.47. The van der Waals surface area contributed by atoms with Crippen molar-refractivity contribution >= 4 is 0 Å². The Hall–Kier alpha value is -0.0800. The van der Waals surface area contributed by atoms with Gasteiger partial charge in [-0.1, -0.05) is 13.8 Å². The van der Waals surface area contributed by atoms with Crippen LogP contribution >= 0.6 is 0 Å². The zero-order valence-corrected chi connectivity index (χ0v) is 8.77. The van der Waals surface area contributed by atoms with Crippen LogP contribution in [0, 0.1) is 5.41 Å². The number of aliphatic hydroxyl groups is 1. The maximum Gasteiger partial charge on any atom is 0.0850 e. The molecule has 2 nitrogen and oxygen atoms in total. The van der Waals surface area contributed by atoms with Crippen molar-refractivity contribution in [1.29, 1.82) is 0 Å². The lowest BCUT2D eigenvalue weighted by Crippen LogP contribution is -2.54. The molecule has 1 saturated heterocycles. The van der Waals surface area contributed by atoms with Gasteiger partial charge in [0.2, 0.25) is 0 Å². The third-order valence-electron chi connectivity index (χ3n) is 4.17. The summed E-state index contributed by atoms with van der Waals surface area (Å²) in [7, 11) is 0. The summed E-state index contributed by atoms with van der Waals surface area (Å²) < 4.78 is 0. The fourth-order valence-corrected chi connectivity index (χ4v) is 3.09. The van der Waals surface area contributed by atoms with E-state index in [1.54, 1.807) is 0 Å². The molecule has 2 rings (SSSR count). The van der Waals surface area contributed by atoms with Gasteiger partial charge in [-0.2, -0.15) is 0 Å². The summed E-state index contributed by atoms with van der Waals surface area (Å²) in [4.78, 5) is 0. The van der Waals surface area contributed by atoms with Gasteiger partial charge in [-0.3, -0.25) is 0 Å². The van der Waals surface area contributed by atoms with Gasteiger partial charge >= 0.3 is 0 Å². The highest BCUT2D eigenvalue weighted by atomic mass is 16.3. The molecule has 1 heterocycles. The minimum absolute atomic E-state index is 0.106. The van der Waals surface area contributed by atoms with E-state index in [0.29, 0.717) is 6.04 Å². The molecular weight excluding hydrogens is 162 g/mol. The number of rotatable bonds is 1. The maximum absolute atomic E-state index is 10.7. The lowest BCUT2D eigenvalue weighted by Gasteiger charge is -2.41. The van der Waals surface area contributed by atoms with E-state index in [1.165, 1.54) is 19.3 Å². The smallest absolute Gasteiger partial charge is 0.0850 e. The van der Waals surface area contributed by atoms with E-state index in [9.17, 15) is 5.11 Å². The second-order valence-corrected chi connectivity index (χ2v) is 5.31. The van der Waals surface area contributed by atoms with Crippen LogP contribution in [0.1, 0.15) is 46.0 Å². The second-order valence-electron chi connectivity index (χ2n) is 5.31. The molecule has 2 aliphatic rings. The van der Waals surface area contributed by atoms with Gasteiger partial charge in [-0.15, -0.1) is 0 Å². The zero-order chi connectivity index (χ0) is 9.53. The lowest BCUT2D eigenvalue weighted by molar-refractivity contribution is -0.0682. The van der Waals surface area contributed by atoms with Gasteiger partial charge < -0.3 is 10.4 Å². The van der Waals surface area contributed by atoms with Crippen LogP contribution in [0.15, 0.2) is 0 Å². The average molecular weight is 183 g/mol. The van der Waals surface area contributed by atoms with Crippen LogP contribution in [0.25, 0.3) is 0 Å². The van der Waals surface area contributed by atoms with Crippen molar-refractivity contribution < 1.29 is 5.11 Å². The van der Waals surface area contributed by atoms with Gasteiger partial charge in [0.15, 0.2) is 0 Å². The molecule has 1 aliphatic carbocycles. The van der Waals surface area contributed by atoms with Crippen LogP contribution in [0.2, 0.25) is 0 Å². The summed E-state index contributed by atoms with van der Waals surface area (Å²) in [5.41, 5.74) is -0.335. The van der Waals surface area contributed by atoms with Crippen LogP contribution in [-0.2, 0) is 0 Å². The Labute approximate surface area is 80.7 Å². The highest BCUT2D eigenvalue weighted by molar-refractivity contribution is 5.07. The first-order chi connectivity index (χ1) is 6.06. The van der Waals surface area contributed by atoms with E-state index in [2.05, 4.69) is 19.2 Å². The third kappa shape index (κ3) is 1.31.